The van der Waals surface area contributed by atoms with Gasteiger partial charge in [-0.15, -0.1) is 3.89 Å². The highest BCUT2D eigenvalue weighted by Crippen LogP contribution is 2.23. The van der Waals surface area contributed by atoms with Gasteiger partial charge in [0.1, 0.15) is 11.3 Å². The molecular weight excluding hydrogens is 517 g/mol. The van der Waals surface area contributed by atoms with E-state index >= 15 is 0 Å². The van der Waals surface area contributed by atoms with Gasteiger partial charge in [0.25, 0.3) is 5.91 Å². The molecule has 0 aliphatic carbocycles. The fraction of sp³-hybridized carbons (Fsp3) is 0.0870. The molecule has 13 heteroatoms. The van der Waals surface area contributed by atoms with Crippen molar-refractivity contribution in [2.24, 2.45) is 0 Å². The Balaban J connectivity index is 1.51. The molecule has 0 radical (unpaired) electrons. The molecule has 0 fully saturated rings. The number of ether oxygens (including phenoxy) is 1. The van der Waals surface area contributed by atoms with Crippen molar-refractivity contribution in [1.29, 1.82) is 0 Å². The van der Waals surface area contributed by atoms with Crippen molar-refractivity contribution in [1.82, 2.24) is 5.32 Å². The number of urea groups is 1. The molecule has 0 unspecified atom stereocenters. The monoisotopic (exact) mass is 535 g/mol. The minimum absolute atomic E-state index is 0.000202. The Hall–Kier alpha value is -4.16. The fourth-order valence-electron chi connectivity index (χ4n) is 2.94. The van der Waals surface area contributed by atoms with Crippen LogP contribution in [0, 0.1) is 0 Å². The molecular formula is C23H19ClFN3O7S. The number of aromatic carboxylic acids is 1. The summed E-state index contributed by atoms with van der Waals surface area (Å²) >= 11 is 5.79. The number of hydrogen-bond donors (Lipinski definition) is 4. The summed E-state index contributed by atoms with van der Waals surface area (Å²) in [5.74, 6) is -1.75. The van der Waals surface area contributed by atoms with E-state index in [1.54, 1.807) is 24.3 Å². The average Bonchev–Trinajstić information content (AvgIpc) is 2.81. The zero-order valence-corrected chi connectivity index (χ0v) is 19.9. The summed E-state index contributed by atoms with van der Waals surface area (Å²) in [4.78, 5) is 35.1. The van der Waals surface area contributed by atoms with Gasteiger partial charge in [0.15, 0.2) is 6.61 Å². The minimum Gasteiger partial charge on any atom is -0.483 e. The largest absolute Gasteiger partial charge is 0.483 e. The predicted octanol–water partition coefficient (Wildman–Crippen LogP) is 4.04. The van der Waals surface area contributed by atoms with E-state index in [9.17, 15) is 31.8 Å². The summed E-state index contributed by atoms with van der Waals surface area (Å²) in [5.41, 5.74) is 1.13. The van der Waals surface area contributed by atoms with Gasteiger partial charge in [-0.2, -0.15) is 8.42 Å². The number of rotatable bonds is 9. The van der Waals surface area contributed by atoms with Crippen molar-refractivity contribution in [3.63, 3.8) is 0 Å². The summed E-state index contributed by atoms with van der Waals surface area (Å²) in [7, 11) is -4.83. The number of carbonyl (C=O) groups excluding carboxylic acids is 2. The zero-order valence-electron chi connectivity index (χ0n) is 18.3. The first-order valence-electron chi connectivity index (χ1n) is 10.2. The van der Waals surface area contributed by atoms with E-state index in [4.69, 9.17) is 16.3 Å². The molecule has 0 spiro atoms. The quantitative estimate of drug-likeness (QED) is 0.302. The molecule has 10 nitrogen and oxygen atoms in total. The molecule has 3 rings (SSSR count). The maximum atomic E-state index is 12.9. The maximum Gasteiger partial charge on any atom is 0.339 e. The fourth-order valence-corrected chi connectivity index (χ4v) is 3.58. The van der Waals surface area contributed by atoms with Gasteiger partial charge in [0, 0.05) is 22.9 Å². The number of carboxylic acids is 1. The van der Waals surface area contributed by atoms with Gasteiger partial charge in [-0.1, -0.05) is 23.7 Å². The number of benzene rings is 3. The highest BCUT2D eigenvalue weighted by molar-refractivity contribution is 7.86. The van der Waals surface area contributed by atoms with Crippen molar-refractivity contribution in [3.05, 3.63) is 82.9 Å². The Labute approximate surface area is 210 Å². The lowest BCUT2D eigenvalue weighted by molar-refractivity contribution is -0.123. The lowest BCUT2D eigenvalue weighted by Gasteiger charge is -2.11. The standard InChI is InChI=1S/C23H19ClFN3O7S/c24-15-4-9-20(19(11-15)22(30)31)35-13-21(29)26-12-14-2-1-3-17(10-14)28-23(32)27-16-5-7-18(8-6-16)36(25,33)34/h1-11H,12-13H2,(H,26,29)(H,30,31)(H2,27,28,32). The molecule has 3 aromatic rings. The first kappa shape index (κ1) is 26.4. The Morgan fingerprint density at radius 2 is 1.64 bits per heavy atom. The first-order chi connectivity index (χ1) is 17.0. The minimum atomic E-state index is -4.83. The van der Waals surface area contributed by atoms with Crippen LogP contribution in [0.15, 0.2) is 71.6 Å². The van der Waals surface area contributed by atoms with Crippen LogP contribution in [0.25, 0.3) is 0 Å². The Bertz CT molecular complexity index is 1400. The topological polar surface area (TPSA) is 151 Å². The lowest BCUT2D eigenvalue weighted by Crippen LogP contribution is -2.28. The van der Waals surface area contributed by atoms with Gasteiger partial charge < -0.3 is 25.8 Å². The molecule has 0 saturated carbocycles. The highest BCUT2D eigenvalue weighted by atomic mass is 35.5. The van der Waals surface area contributed by atoms with E-state index in [1.165, 1.54) is 30.3 Å². The molecule has 0 aromatic heterocycles. The van der Waals surface area contributed by atoms with E-state index in [1.807, 2.05) is 0 Å². The summed E-state index contributed by atoms with van der Waals surface area (Å²) in [5, 5.41) is 17.1. The van der Waals surface area contributed by atoms with Crippen molar-refractivity contribution in [3.8, 4) is 5.75 Å². The smallest absolute Gasteiger partial charge is 0.339 e. The van der Waals surface area contributed by atoms with Gasteiger partial charge in [-0.05, 0) is 60.2 Å². The number of carboxylic acid groups (broad SMARTS) is 1. The van der Waals surface area contributed by atoms with Gasteiger partial charge >= 0.3 is 22.2 Å². The molecule has 0 aliphatic rings. The van der Waals surface area contributed by atoms with E-state index in [2.05, 4.69) is 16.0 Å². The zero-order chi connectivity index (χ0) is 26.3. The van der Waals surface area contributed by atoms with Crippen LogP contribution in [0.1, 0.15) is 15.9 Å². The molecule has 36 heavy (non-hydrogen) atoms. The van der Waals surface area contributed by atoms with Gasteiger partial charge in [0.05, 0.1) is 4.90 Å². The number of anilines is 2. The van der Waals surface area contributed by atoms with Crippen LogP contribution < -0.4 is 20.7 Å². The van der Waals surface area contributed by atoms with Gasteiger partial charge in [-0.3, -0.25) is 4.79 Å². The number of halogens is 2. The van der Waals surface area contributed by atoms with Crippen LogP contribution in [0.5, 0.6) is 5.75 Å². The van der Waals surface area contributed by atoms with Crippen molar-refractivity contribution in [2.75, 3.05) is 17.2 Å². The third-order valence-electron chi connectivity index (χ3n) is 4.60. The SMILES string of the molecule is O=C(COc1ccc(Cl)cc1C(=O)O)NCc1cccc(NC(=O)Nc2ccc(S(=O)(=O)F)cc2)c1. The Morgan fingerprint density at radius 1 is 0.944 bits per heavy atom. The van der Waals surface area contributed by atoms with Crippen LogP contribution in [-0.2, 0) is 21.6 Å². The van der Waals surface area contributed by atoms with Gasteiger partial charge in [-0.25, -0.2) is 9.59 Å². The second-order valence-corrected chi connectivity index (χ2v) is 9.04. The summed E-state index contributed by atoms with van der Waals surface area (Å²) < 4.78 is 40.0. The Morgan fingerprint density at radius 3 is 2.31 bits per heavy atom. The molecule has 0 atom stereocenters. The van der Waals surface area contributed by atoms with Crippen molar-refractivity contribution >= 4 is 51.1 Å². The summed E-state index contributed by atoms with van der Waals surface area (Å²) in [6, 6.07) is 14.5. The van der Waals surface area contributed by atoms with Crippen molar-refractivity contribution in [2.45, 2.75) is 11.4 Å². The van der Waals surface area contributed by atoms with Crippen LogP contribution in [0.3, 0.4) is 0 Å². The molecule has 0 aliphatic heterocycles. The molecule has 3 aromatic carbocycles. The highest BCUT2D eigenvalue weighted by Gasteiger charge is 2.14. The number of carbonyl (C=O) groups is 3. The molecule has 3 amide bonds. The second kappa shape index (κ2) is 11.5. The normalized spacial score (nSPS) is 10.8. The third-order valence-corrected chi connectivity index (χ3v) is 5.67. The molecule has 0 heterocycles. The predicted molar refractivity (Wildman–Crippen MR) is 130 cm³/mol. The molecule has 188 valence electrons. The van der Waals surface area contributed by atoms with Gasteiger partial charge in [0.2, 0.25) is 0 Å². The number of amides is 3. The average molecular weight is 536 g/mol. The third kappa shape index (κ3) is 7.68. The van der Waals surface area contributed by atoms with E-state index in [-0.39, 0.29) is 28.6 Å². The van der Waals surface area contributed by atoms with Crippen LogP contribution in [-0.4, -0.2) is 38.0 Å². The van der Waals surface area contributed by atoms with E-state index in [0.717, 1.165) is 12.1 Å². The molecule has 0 bridgehead atoms. The van der Waals surface area contributed by atoms with Crippen LogP contribution in [0.4, 0.5) is 20.1 Å². The molecule has 0 saturated heterocycles. The van der Waals surface area contributed by atoms with Crippen LogP contribution >= 0.6 is 11.6 Å². The van der Waals surface area contributed by atoms with Crippen LogP contribution in [0.2, 0.25) is 5.02 Å². The summed E-state index contributed by atoms with van der Waals surface area (Å²) in [6.45, 7) is -0.324. The summed E-state index contributed by atoms with van der Waals surface area (Å²) in [6.07, 6.45) is 0. The lowest BCUT2D eigenvalue weighted by atomic mass is 10.2. The second-order valence-electron chi connectivity index (χ2n) is 7.25. The number of hydrogen-bond acceptors (Lipinski definition) is 6. The molecule has 4 N–H and O–H groups in total. The van der Waals surface area contributed by atoms with E-state index in [0.29, 0.717) is 11.3 Å². The van der Waals surface area contributed by atoms with Crippen molar-refractivity contribution < 1.29 is 36.5 Å². The maximum absolute atomic E-state index is 12.9. The first-order valence-corrected chi connectivity index (χ1v) is 11.9. The van der Waals surface area contributed by atoms with E-state index < -0.39 is 39.6 Å². The number of nitrogens with one attached hydrogen (secondary N) is 3. The Kier molecular flexibility index (Phi) is 8.46.